The van der Waals surface area contributed by atoms with Crippen LogP contribution in [0.1, 0.15) is 42.9 Å². The van der Waals surface area contributed by atoms with Crippen LogP contribution in [0.3, 0.4) is 0 Å². The summed E-state index contributed by atoms with van der Waals surface area (Å²) in [6.07, 6.45) is 5.34. The minimum Gasteiger partial charge on any atom is -0.330 e. The highest BCUT2D eigenvalue weighted by Gasteiger charge is 2.31. The van der Waals surface area contributed by atoms with E-state index in [0.717, 1.165) is 19.6 Å². The van der Waals surface area contributed by atoms with Gasteiger partial charge in [0.05, 0.1) is 0 Å². The monoisotopic (exact) mass is 287 g/mol. The number of benzene rings is 1. The molecule has 3 heteroatoms. The van der Waals surface area contributed by atoms with Gasteiger partial charge in [-0.05, 0) is 63.0 Å². The standard InChI is InChI=1S/C18H29N3/c1-20-13-15(12-19)11-18(20)17-8-4-3-7-16(17)14-21-9-5-2-6-10-21/h3-4,7-8,15,18H,2,5-6,9-14,19H2,1H3. The molecule has 3 rings (SSSR count). The highest BCUT2D eigenvalue weighted by atomic mass is 15.2. The smallest absolute Gasteiger partial charge is 0.0352 e. The Bertz CT molecular complexity index is 454. The SMILES string of the molecule is CN1CC(CN)CC1c1ccccc1CN1CCCCC1. The third kappa shape index (κ3) is 3.47. The van der Waals surface area contributed by atoms with Crippen LogP contribution in [0.2, 0.25) is 0 Å². The van der Waals surface area contributed by atoms with Crippen molar-refractivity contribution in [2.24, 2.45) is 11.7 Å². The molecule has 0 bridgehead atoms. The molecule has 0 spiro atoms. The Kier molecular flexibility index (Phi) is 4.94. The lowest BCUT2D eigenvalue weighted by Crippen LogP contribution is -2.30. The molecular formula is C18H29N3. The van der Waals surface area contributed by atoms with Crippen LogP contribution in [0.25, 0.3) is 0 Å². The van der Waals surface area contributed by atoms with Crippen molar-refractivity contribution in [2.45, 2.75) is 38.3 Å². The Morgan fingerprint density at radius 2 is 1.90 bits per heavy atom. The first kappa shape index (κ1) is 15.0. The number of likely N-dealkylation sites (tertiary alicyclic amines) is 2. The molecule has 1 aromatic rings. The molecule has 0 aromatic heterocycles. The summed E-state index contributed by atoms with van der Waals surface area (Å²) in [5.41, 5.74) is 8.94. The molecule has 2 aliphatic heterocycles. The van der Waals surface area contributed by atoms with E-state index in [9.17, 15) is 0 Å². The fourth-order valence-corrected chi connectivity index (χ4v) is 4.00. The van der Waals surface area contributed by atoms with Gasteiger partial charge in [-0.2, -0.15) is 0 Å². The van der Waals surface area contributed by atoms with Crippen LogP contribution < -0.4 is 5.73 Å². The average molecular weight is 287 g/mol. The molecule has 3 nitrogen and oxygen atoms in total. The molecule has 2 N–H and O–H groups in total. The third-order valence-corrected chi connectivity index (χ3v) is 5.22. The molecule has 2 heterocycles. The van der Waals surface area contributed by atoms with E-state index in [4.69, 9.17) is 5.73 Å². The lowest BCUT2D eigenvalue weighted by Gasteiger charge is -2.29. The van der Waals surface area contributed by atoms with E-state index in [1.54, 1.807) is 0 Å². The molecular weight excluding hydrogens is 258 g/mol. The van der Waals surface area contributed by atoms with E-state index in [-0.39, 0.29) is 0 Å². The fraction of sp³-hybridized carbons (Fsp3) is 0.667. The van der Waals surface area contributed by atoms with Gasteiger partial charge in [0.2, 0.25) is 0 Å². The van der Waals surface area contributed by atoms with E-state index in [1.807, 2.05) is 0 Å². The molecule has 0 radical (unpaired) electrons. The molecule has 2 atom stereocenters. The Balaban J connectivity index is 1.76. The fourth-order valence-electron chi connectivity index (χ4n) is 4.00. The van der Waals surface area contributed by atoms with Gasteiger partial charge < -0.3 is 5.73 Å². The molecule has 0 amide bonds. The summed E-state index contributed by atoms with van der Waals surface area (Å²) < 4.78 is 0. The zero-order valence-electron chi connectivity index (χ0n) is 13.3. The summed E-state index contributed by atoms with van der Waals surface area (Å²) in [6.45, 7) is 5.60. The summed E-state index contributed by atoms with van der Waals surface area (Å²) in [6, 6.07) is 9.60. The first-order valence-corrected chi connectivity index (χ1v) is 8.48. The highest BCUT2D eigenvalue weighted by Crippen LogP contribution is 2.35. The lowest BCUT2D eigenvalue weighted by molar-refractivity contribution is 0.218. The second-order valence-corrected chi connectivity index (χ2v) is 6.83. The number of hydrogen-bond donors (Lipinski definition) is 1. The van der Waals surface area contributed by atoms with Gasteiger partial charge in [-0.15, -0.1) is 0 Å². The van der Waals surface area contributed by atoms with Gasteiger partial charge in [-0.1, -0.05) is 30.7 Å². The molecule has 0 saturated carbocycles. The minimum atomic E-state index is 0.555. The van der Waals surface area contributed by atoms with Gasteiger partial charge in [-0.25, -0.2) is 0 Å². The largest absolute Gasteiger partial charge is 0.330 e. The Morgan fingerprint density at radius 1 is 1.14 bits per heavy atom. The van der Waals surface area contributed by atoms with Crippen LogP contribution in [-0.2, 0) is 6.54 Å². The second-order valence-electron chi connectivity index (χ2n) is 6.83. The van der Waals surface area contributed by atoms with Crippen LogP contribution in [0, 0.1) is 5.92 Å². The van der Waals surface area contributed by atoms with Crippen molar-refractivity contribution in [3.05, 3.63) is 35.4 Å². The zero-order chi connectivity index (χ0) is 14.7. The quantitative estimate of drug-likeness (QED) is 0.924. The molecule has 21 heavy (non-hydrogen) atoms. The summed E-state index contributed by atoms with van der Waals surface area (Å²) in [4.78, 5) is 5.12. The van der Waals surface area contributed by atoms with Crippen molar-refractivity contribution in [3.63, 3.8) is 0 Å². The van der Waals surface area contributed by atoms with Crippen molar-refractivity contribution < 1.29 is 0 Å². The van der Waals surface area contributed by atoms with Gasteiger partial charge in [0, 0.05) is 19.1 Å². The molecule has 2 unspecified atom stereocenters. The number of nitrogens with zero attached hydrogens (tertiary/aromatic N) is 2. The molecule has 116 valence electrons. The Hall–Kier alpha value is -0.900. The lowest BCUT2D eigenvalue weighted by atomic mass is 9.95. The van der Waals surface area contributed by atoms with Crippen molar-refractivity contribution in [3.8, 4) is 0 Å². The van der Waals surface area contributed by atoms with Crippen molar-refractivity contribution in [1.29, 1.82) is 0 Å². The van der Waals surface area contributed by atoms with Crippen molar-refractivity contribution >= 4 is 0 Å². The summed E-state index contributed by atoms with van der Waals surface area (Å²) in [7, 11) is 2.25. The zero-order valence-corrected chi connectivity index (χ0v) is 13.3. The maximum Gasteiger partial charge on any atom is 0.0352 e. The summed E-state index contributed by atoms with van der Waals surface area (Å²) in [5.74, 6) is 0.656. The second kappa shape index (κ2) is 6.91. The van der Waals surface area contributed by atoms with Gasteiger partial charge >= 0.3 is 0 Å². The van der Waals surface area contributed by atoms with Gasteiger partial charge in [-0.3, -0.25) is 9.80 Å². The number of rotatable bonds is 4. The van der Waals surface area contributed by atoms with E-state index < -0.39 is 0 Å². The first-order chi connectivity index (χ1) is 10.3. The topological polar surface area (TPSA) is 32.5 Å². The highest BCUT2D eigenvalue weighted by molar-refractivity contribution is 5.31. The first-order valence-electron chi connectivity index (χ1n) is 8.48. The number of piperidine rings is 1. The third-order valence-electron chi connectivity index (χ3n) is 5.22. The van der Waals surface area contributed by atoms with Crippen LogP contribution in [-0.4, -0.2) is 43.0 Å². The number of nitrogens with two attached hydrogens (primary N) is 1. The van der Waals surface area contributed by atoms with Gasteiger partial charge in [0.15, 0.2) is 0 Å². The predicted molar refractivity (Wildman–Crippen MR) is 88.1 cm³/mol. The predicted octanol–water partition coefficient (Wildman–Crippen LogP) is 2.62. The van der Waals surface area contributed by atoms with Crippen LogP contribution >= 0.6 is 0 Å². The molecule has 2 saturated heterocycles. The van der Waals surface area contributed by atoms with E-state index >= 15 is 0 Å². The van der Waals surface area contributed by atoms with Crippen LogP contribution in [0.15, 0.2) is 24.3 Å². The molecule has 1 aromatic carbocycles. The van der Waals surface area contributed by atoms with Gasteiger partial charge in [0.25, 0.3) is 0 Å². The van der Waals surface area contributed by atoms with Gasteiger partial charge in [0.1, 0.15) is 0 Å². The van der Waals surface area contributed by atoms with Crippen LogP contribution in [0.4, 0.5) is 0 Å². The normalized spacial score (nSPS) is 28.1. The average Bonchev–Trinajstić information content (AvgIpc) is 2.90. The van der Waals surface area contributed by atoms with Crippen LogP contribution in [0.5, 0.6) is 0 Å². The maximum atomic E-state index is 5.89. The Labute approximate surface area is 129 Å². The van der Waals surface area contributed by atoms with E-state index in [0.29, 0.717) is 12.0 Å². The Morgan fingerprint density at radius 3 is 2.62 bits per heavy atom. The van der Waals surface area contributed by atoms with E-state index in [1.165, 1.54) is 49.9 Å². The molecule has 2 aliphatic rings. The summed E-state index contributed by atoms with van der Waals surface area (Å²) in [5, 5.41) is 0. The van der Waals surface area contributed by atoms with Crippen molar-refractivity contribution in [2.75, 3.05) is 33.2 Å². The molecule has 2 fully saturated rings. The summed E-state index contributed by atoms with van der Waals surface area (Å²) >= 11 is 0. The van der Waals surface area contributed by atoms with E-state index in [2.05, 4.69) is 41.1 Å². The molecule has 0 aliphatic carbocycles. The minimum absolute atomic E-state index is 0.555. The van der Waals surface area contributed by atoms with Crippen molar-refractivity contribution in [1.82, 2.24) is 9.80 Å². The number of hydrogen-bond acceptors (Lipinski definition) is 3. The maximum absolute atomic E-state index is 5.89.